The van der Waals surface area contributed by atoms with Crippen LogP contribution in [-0.4, -0.2) is 24.8 Å². The molecule has 1 aliphatic heterocycles. The second-order valence-electron chi connectivity index (χ2n) is 6.66. The Morgan fingerprint density at radius 3 is 2.35 bits per heavy atom. The fourth-order valence-corrected chi connectivity index (χ4v) is 4.17. The number of anilines is 1. The smallest absolute Gasteiger partial charge is 0.271 e. The topological polar surface area (TPSA) is 51.1 Å². The average molecular weight is 431 g/mol. The first-order valence-corrected chi connectivity index (χ1v) is 10.7. The maximum Gasteiger partial charge on any atom is 0.271 e. The van der Waals surface area contributed by atoms with Gasteiger partial charge in [-0.15, -0.1) is 0 Å². The molecule has 4 rings (SSSR count). The van der Waals surface area contributed by atoms with Crippen LogP contribution >= 0.6 is 11.8 Å². The number of thioether (sulfide) groups is 1. The Morgan fingerprint density at radius 1 is 0.968 bits per heavy atom. The van der Waals surface area contributed by atoms with Crippen molar-refractivity contribution in [2.45, 2.75) is 6.92 Å². The van der Waals surface area contributed by atoms with Crippen molar-refractivity contribution in [2.24, 2.45) is 4.99 Å². The van der Waals surface area contributed by atoms with E-state index < -0.39 is 0 Å². The van der Waals surface area contributed by atoms with Crippen LogP contribution in [0.25, 0.3) is 6.08 Å². The summed E-state index contributed by atoms with van der Waals surface area (Å²) in [5, 5.41) is 0.617. The van der Waals surface area contributed by atoms with Gasteiger partial charge in [-0.2, -0.15) is 0 Å². The highest BCUT2D eigenvalue weighted by molar-refractivity contribution is 8.19. The summed E-state index contributed by atoms with van der Waals surface area (Å²) in [7, 11) is 1.60. The summed E-state index contributed by atoms with van der Waals surface area (Å²) < 4.78 is 11.0. The Labute approximate surface area is 186 Å². The van der Waals surface area contributed by atoms with Crippen LogP contribution in [0.1, 0.15) is 12.5 Å². The molecule has 6 heteroatoms. The minimum Gasteiger partial charge on any atom is -0.493 e. The maximum atomic E-state index is 13.3. The van der Waals surface area contributed by atoms with E-state index in [0.29, 0.717) is 28.2 Å². The number of methoxy groups -OCH3 is 1. The van der Waals surface area contributed by atoms with Crippen LogP contribution in [0.2, 0.25) is 0 Å². The van der Waals surface area contributed by atoms with E-state index in [-0.39, 0.29) is 5.91 Å². The highest BCUT2D eigenvalue weighted by atomic mass is 32.2. The van der Waals surface area contributed by atoms with Gasteiger partial charge in [-0.25, -0.2) is 4.99 Å². The van der Waals surface area contributed by atoms with Crippen LogP contribution in [0.3, 0.4) is 0 Å². The highest BCUT2D eigenvalue weighted by Gasteiger charge is 2.34. The molecule has 1 fully saturated rings. The van der Waals surface area contributed by atoms with Gasteiger partial charge >= 0.3 is 0 Å². The molecule has 0 aliphatic carbocycles. The molecule has 156 valence electrons. The molecule has 1 aliphatic rings. The maximum absolute atomic E-state index is 13.3. The number of amidine groups is 1. The van der Waals surface area contributed by atoms with Gasteiger partial charge in [0.25, 0.3) is 5.91 Å². The number of aliphatic imine (C=N–C) groups is 1. The quantitative estimate of drug-likeness (QED) is 0.457. The second-order valence-corrected chi connectivity index (χ2v) is 7.67. The highest BCUT2D eigenvalue weighted by Crippen LogP contribution is 2.38. The van der Waals surface area contributed by atoms with E-state index in [2.05, 4.69) is 0 Å². The molecule has 0 atom stereocenters. The number of hydrogen-bond donors (Lipinski definition) is 0. The van der Waals surface area contributed by atoms with Crippen molar-refractivity contribution in [3.8, 4) is 11.5 Å². The third-order valence-electron chi connectivity index (χ3n) is 4.59. The summed E-state index contributed by atoms with van der Waals surface area (Å²) in [4.78, 5) is 20.3. The van der Waals surface area contributed by atoms with Crippen LogP contribution < -0.4 is 14.4 Å². The van der Waals surface area contributed by atoms with Crippen molar-refractivity contribution in [2.75, 3.05) is 18.6 Å². The lowest BCUT2D eigenvalue weighted by atomic mass is 10.2. The lowest BCUT2D eigenvalue weighted by Gasteiger charge is -2.15. The number of ether oxygens (including phenoxy) is 2. The lowest BCUT2D eigenvalue weighted by molar-refractivity contribution is -0.113. The Balaban J connectivity index is 1.73. The summed E-state index contributed by atoms with van der Waals surface area (Å²) in [6.45, 7) is 2.48. The van der Waals surface area contributed by atoms with Gasteiger partial charge in [0.15, 0.2) is 16.7 Å². The van der Waals surface area contributed by atoms with Crippen molar-refractivity contribution in [3.63, 3.8) is 0 Å². The van der Waals surface area contributed by atoms with Gasteiger partial charge in [-0.1, -0.05) is 42.5 Å². The van der Waals surface area contributed by atoms with Crippen molar-refractivity contribution >= 4 is 40.3 Å². The second kappa shape index (κ2) is 9.53. The van der Waals surface area contributed by atoms with E-state index in [1.54, 1.807) is 12.0 Å². The van der Waals surface area contributed by atoms with E-state index in [1.165, 1.54) is 11.8 Å². The number of carbonyl (C=O) groups excluding carboxylic acids is 1. The first-order chi connectivity index (χ1) is 15.2. The van der Waals surface area contributed by atoms with E-state index in [4.69, 9.17) is 14.5 Å². The molecule has 0 spiro atoms. The Kier molecular flexibility index (Phi) is 6.38. The van der Waals surface area contributed by atoms with Crippen LogP contribution in [-0.2, 0) is 4.79 Å². The van der Waals surface area contributed by atoms with Gasteiger partial charge in [0.2, 0.25) is 0 Å². The largest absolute Gasteiger partial charge is 0.493 e. The predicted octanol–water partition coefficient (Wildman–Crippen LogP) is 5.90. The zero-order valence-electron chi connectivity index (χ0n) is 17.3. The first kappa shape index (κ1) is 20.8. The molecule has 1 amide bonds. The van der Waals surface area contributed by atoms with Crippen molar-refractivity contribution < 1.29 is 14.3 Å². The Bertz CT molecular complexity index is 1130. The van der Waals surface area contributed by atoms with Gasteiger partial charge in [-0.05, 0) is 66.7 Å². The van der Waals surface area contributed by atoms with Crippen LogP contribution in [0, 0.1) is 0 Å². The van der Waals surface area contributed by atoms with Gasteiger partial charge in [0, 0.05) is 0 Å². The van der Waals surface area contributed by atoms with Gasteiger partial charge in [-0.3, -0.25) is 9.69 Å². The normalized spacial score (nSPS) is 16.2. The zero-order chi connectivity index (χ0) is 21.6. The molecule has 0 aromatic heterocycles. The van der Waals surface area contributed by atoms with Gasteiger partial charge in [0.05, 0.1) is 30.0 Å². The number of rotatable bonds is 6. The SMILES string of the molecule is CCOc1ccc(/C=C2\SC(=Nc3ccccc3)N(c3ccccc3)C2=O)cc1OC. The lowest BCUT2D eigenvalue weighted by Crippen LogP contribution is -2.28. The van der Waals surface area contributed by atoms with Crippen LogP contribution in [0.15, 0.2) is 88.8 Å². The van der Waals surface area contributed by atoms with Crippen molar-refractivity contribution in [3.05, 3.63) is 89.3 Å². The molecule has 0 unspecified atom stereocenters. The van der Waals surface area contributed by atoms with E-state index in [9.17, 15) is 4.79 Å². The minimum atomic E-state index is -0.112. The average Bonchev–Trinajstić information content (AvgIpc) is 3.10. The summed E-state index contributed by atoms with van der Waals surface area (Å²) in [6, 6.07) is 24.8. The fourth-order valence-electron chi connectivity index (χ4n) is 3.17. The number of hydrogen-bond acceptors (Lipinski definition) is 5. The molecule has 0 saturated carbocycles. The summed E-state index contributed by atoms with van der Waals surface area (Å²) in [5.74, 6) is 1.19. The number of carbonyl (C=O) groups is 1. The van der Waals surface area contributed by atoms with E-state index in [0.717, 1.165) is 16.9 Å². The van der Waals surface area contributed by atoms with E-state index >= 15 is 0 Å². The molecule has 3 aromatic carbocycles. The summed E-state index contributed by atoms with van der Waals surface area (Å²) in [6.07, 6.45) is 1.86. The minimum absolute atomic E-state index is 0.112. The van der Waals surface area contributed by atoms with Gasteiger partial charge < -0.3 is 9.47 Å². The monoisotopic (exact) mass is 430 g/mol. The standard InChI is InChI=1S/C25H22N2O3S/c1-3-30-21-15-14-18(16-22(21)29-2)17-23-24(28)27(20-12-8-5-9-13-20)25(31-23)26-19-10-6-4-7-11-19/h4-17H,3H2,1-2H3/b23-17-,26-25?. The number of nitrogens with zero attached hydrogens (tertiary/aromatic N) is 2. The van der Waals surface area contributed by atoms with Gasteiger partial charge in [0.1, 0.15) is 0 Å². The molecule has 1 saturated heterocycles. The first-order valence-electron chi connectivity index (χ1n) is 9.93. The molecular weight excluding hydrogens is 408 g/mol. The molecule has 0 radical (unpaired) electrons. The summed E-state index contributed by atoms with van der Waals surface area (Å²) in [5.41, 5.74) is 2.43. The number of para-hydroxylation sites is 2. The van der Waals surface area contributed by atoms with Crippen molar-refractivity contribution in [1.29, 1.82) is 0 Å². The molecule has 3 aromatic rings. The summed E-state index contributed by atoms with van der Waals surface area (Å²) >= 11 is 1.35. The predicted molar refractivity (Wildman–Crippen MR) is 127 cm³/mol. The molecule has 31 heavy (non-hydrogen) atoms. The zero-order valence-corrected chi connectivity index (χ0v) is 18.1. The van der Waals surface area contributed by atoms with Crippen LogP contribution in [0.5, 0.6) is 11.5 Å². The fraction of sp³-hybridized carbons (Fsp3) is 0.120. The van der Waals surface area contributed by atoms with Crippen LogP contribution in [0.4, 0.5) is 11.4 Å². The Hall–Kier alpha value is -3.51. The third-order valence-corrected chi connectivity index (χ3v) is 5.56. The number of benzene rings is 3. The molecule has 5 nitrogen and oxygen atoms in total. The third kappa shape index (κ3) is 4.64. The Morgan fingerprint density at radius 2 is 1.68 bits per heavy atom. The molecule has 1 heterocycles. The molecule has 0 N–H and O–H groups in total. The molecular formula is C25H22N2O3S. The van der Waals surface area contributed by atoms with Crippen molar-refractivity contribution in [1.82, 2.24) is 0 Å². The molecule has 0 bridgehead atoms. The number of amides is 1. The van der Waals surface area contributed by atoms with E-state index in [1.807, 2.05) is 91.9 Å².